The molecule has 3 heterocycles. The van der Waals surface area contributed by atoms with Crippen LogP contribution in [0.2, 0.25) is 0 Å². The first kappa shape index (κ1) is 22.2. The summed E-state index contributed by atoms with van der Waals surface area (Å²) in [6.07, 6.45) is 6.34. The Kier molecular flexibility index (Phi) is 6.01. The molecule has 1 atom stereocenters. The lowest BCUT2D eigenvalue weighted by Gasteiger charge is -2.25. The number of hydrogen-bond acceptors (Lipinski definition) is 5. The summed E-state index contributed by atoms with van der Waals surface area (Å²) in [6, 6.07) is 27.9. The van der Waals surface area contributed by atoms with E-state index in [4.69, 9.17) is 15.2 Å². The van der Waals surface area contributed by atoms with Crippen molar-refractivity contribution in [3.63, 3.8) is 0 Å². The topological polar surface area (TPSA) is 74.3 Å². The Morgan fingerprint density at radius 1 is 0.833 bits per heavy atom. The average Bonchev–Trinajstić information content (AvgIpc) is 3.32. The number of nitrogens with two attached hydrogens (primary N) is 1. The zero-order valence-electron chi connectivity index (χ0n) is 19.9. The maximum Gasteiger partial charge on any atom is 0.133 e. The van der Waals surface area contributed by atoms with Gasteiger partial charge in [0.15, 0.2) is 0 Å². The Hall–Kier alpha value is -4.29. The molecular formula is C30H28N4O2. The van der Waals surface area contributed by atoms with Crippen molar-refractivity contribution in [3.8, 4) is 34.1 Å². The predicted octanol–water partition coefficient (Wildman–Crippen LogP) is 6.79. The molecule has 1 saturated heterocycles. The molecule has 6 rings (SSSR count). The van der Waals surface area contributed by atoms with Gasteiger partial charge in [-0.3, -0.25) is 0 Å². The molecule has 3 N–H and O–H groups in total. The quantitative estimate of drug-likeness (QED) is 0.282. The average molecular weight is 477 g/mol. The Morgan fingerprint density at radius 2 is 1.56 bits per heavy atom. The van der Waals surface area contributed by atoms with Crippen molar-refractivity contribution in [2.45, 2.75) is 18.9 Å². The minimum Gasteiger partial charge on any atom is -0.457 e. The molecule has 6 heteroatoms. The monoisotopic (exact) mass is 476 g/mol. The number of ether oxygens (including phenoxy) is 2. The lowest BCUT2D eigenvalue weighted by Crippen LogP contribution is -2.31. The van der Waals surface area contributed by atoms with Crippen LogP contribution in [0.3, 0.4) is 0 Å². The molecule has 2 aromatic heterocycles. The highest BCUT2D eigenvalue weighted by Gasteiger charge is 2.21. The van der Waals surface area contributed by atoms with Gasteiger partial charge < -0.3 is 25.1 Å². The fourth-order valence-electron chi connectivity index (χ4n) is 4.89. The molecule has 1 fully saturated rings. The fourth-order valence-corrected chi connectivity index (χ4v) is 4.89. The van der Waals surface area contributed by atoms with E-state index in [-0.39, 0.29) is 0 Å². The normalized spacial score (nSPS) is 15.6. The van der Waals surface area contributed by atoms with Crippen LogP contribution in [0.1, 0.15) is 18.9 Å². The smallest absolute Gasteiger partial charge is 0.133 e. The van der Waals surface area contributed by atoms with Crippen molar-refractivity contribution in [2.24, 2.45) is 0 Å². The van der Waals surface area contributed by atoms with E-state index in [1.165, 1.54) is 6.42 Å². The number of pyridine rings is 1. The van der Waals surface area contributed by atoms with Crippen LogP contribution in [0.5, 0.6) is 23.0 Å². The maximum atomic E-state index is 6.36. The number of piperidine rings is 1. The number of aromatic nitrogens is 2. The minimum atomic E-state index is 0.407. The van der Waals surface area contributed by atoms with Gasteiger partial charge in [-0.1, -0.05) is 36.4 Å². The van der Waals surface area contributed by atoms with Gasteiger partial charge in [0.2, 0.25) is 0 Å². The van der Waals surface area contributed by atoms with Gasteiger partial charge >= 0.3 is 0 Å². The summed E-state index contributed by atoms with van der Waals surface area (Å²) >= 11 is 0. The van der Waals surface area contributed by atoms with Gasteiger partial charge in [0.25, 0.3) is 0 Å². The van der Waals surface area contributed by atoms with Crippen LogP contribution in [0.15, 0.2) is 97.3 Å². The van der Waals surface area contributed by atoms with Gasteiger partial charge in [-0.25, -0.2) is 4.98 Å². The fraction of sp³-hybridized carbons (Fsp3) is 0.167. The van der Waals surface area contributed by atoms with Crippen LogP contribution >= 0.6 is 0 Å². The third kappa shape index (κ3) is 4.51. The Bertz CT molecular complexity index is 1470. The molecule has 0 aliphatic carbocycles. The van der Waals surface area contributed by atoms with Gasteiger partial charge in [0.1, 0.15) is 28.8 Å². The number of anilines is 1. The van der Waals surface area contributed by atoms with Crippen LogP contribution < -0.4 is 20.5 Å². The van der Waals surface area contributed by atoms with Crippen molar-refractivity contribution < 1.29 is 9.47 Å². The number of nitrogens with zero attached hydrogens (tertiary/aromatic N) is 2. The minimum absolute atomic E-state index is 0.407. The number of rotatable bonds is 6. The van der Waals surface area contributed by atoms with Gasteiger partial charge in [-0.15, -0.1) is 0 Å². The van der Waals surface area contributed by atoms with Crippen LogP contribution in [-0.4, -0.2) is 22.6 Å². The van der Waals surface area contributed by atoms with E-state index in [1.54, 1.807) is 6.20 Å². The molecule has 6 nitrogen and oxygen atoms in total. The number of fused-ring (bicyclic) bond motifs is 1. The molecule has 0 bridgehead atoms. The number of para-hydroxylation sites is 1. The number of nitrogen functional groups attached to an aromatic ring is 1. The van der Waals surface area contributed by atoms with E-state index in [9.17, 15) is 0 Å². The third-order valence-electron chi connectivity index (χ3n) is 6.62. The van der Waals surface area contributed by atoms with Crippen molar-refractivity contribution in [3.05, 3.63) is 97.3 Å². The molecule has 0 spiro atoms. The highest BCUT2D eigenvalue weighted by Crippen LogP contribution is 2.37. The molecule has 1 unspecified atom stereocenters. The predicted molar refractivity (Wildman–Crippen MR) is 144 cm³/mol. The van der Waals surface area contributed by atoms with Crippen molar-refractivity contribution in [2.75, 3.05) is 18.8 Å². The molecule has 3 aromatic carbocycles. The summed E-state index contributed by atoms with van der Waals surface area (Å²) in [5.74, 6) is 3.53. The molecule has 5 aromatic rings. The van der Waals surface area contributed by atoms with Crippen molar-refractivity contribution in [1.82, 2.24) is 14.9 Å². The van der Waals surface area contributed by atoms with Crippen LogP contribution in [0, 0.1) is 0 Å². The van der Waals surface area contributed by atoms with E-state index < -0.39 is 0 Å². The zero-order chi connectivity index (χ0) is 24.3. The SMILES string of the molecule is Nc1nccc2c1c(-c1ccc(Oc3cccc(Oc4ccccc4)c3)cc1)cn2C1CCCNC1. The van der Waals surface area contributed by atoms with Crippen molar-refractivity contribution in [1.29, 1.82) is 0 Å². The molecule has 180 valence electrons. The number of hydrogen-bond donors (Lipinski definition) is 2. The summed E-state index contributed by atoms with van der Waals surface area (Å²) in [5.41, 5.74) is 9.66. The highest BCUT2D eigenvalue weighted by molar-refractivity contribution is 6.02. The summed E-state index contributed by atoms with van der Waals surface area (Å²) in [5, 5.41) is 4.52. The first-order chi connectivity index (χ1) is 17.7. The van der Waals surface area contributed by atoms with Crippen LogP contribution in [0.25, 0.3) is 22.0 Å². The van der Waals surface area contributed by atoms with Gasteiger partial charge in [0.05, 0.1) is 5.52 Å². The Labute approximate surface area is 210 Å². The second kappa shape index (κ2) is 9.76. The highest BCUT2D eigenvalue weighted by atomic mass is 16.5. The zero-order valence-corrected chi connectivity index (χ0v) is 19.9. The second-order valence-corrected chi connectivity index (χ2v) is 9.06. The van der Waals surface area contributed by atoms with Gasteiger partial charge in [-0.2, -0.15) is 0 Å². The molecule has 36 heavy (non-hydrogen) atoms. The van der Waals surface area contributed by atoms with E-state index in [0.29, 0.717) is 17.6 Å². The third-order valence-corrected chi connectivity index (χ3v) is 6.62. The first-order valence-corrected chi connectivity index (χ1v) is 12.3. The lowest BCUT2D eigenvalue weighted by atomic mass is 10.1. The maximum absolute atomic E-state index is 6.36. The van der Waals surface area contributed by atoms with Gasteiger partial charge in [-0.05, 0) is 67.4 Å². The number of nitrogens with one attached hydrogen (secondary N) is 1. The molecule has 0 saturated carbocycles. The Morgan fingerprint density at radius 3 is 2.28 bits per heavy atom. The first-order valence-electron chi connectivity index (χ1n) is 12.3. The largest absolute Gasteiger partial charge is 0.457 e. The van der Waals surface area contributed by atoms with E-state index in [0.717, 1.165) is 58.8 Å². The van der Waals surface area contributed by atoms with Gasteiger partial charge in [0, 0.05) is 42.0 Å². The molecule has 0 radical (unpaired) electrons. The molecule has 0 amide bonds. The summed E-state index contributed by atoms with van der Waals surface area (Å²) in [6.45, 7) is 2.04. The standard InChI is InChI=1S/C30H28N4O2/c31-30-29-27(20-34(28(29)15-17-33-30)22-6-5-16-32-19-22)21-11-13-24(14-12-21)36-26-10-4-9-25(18-26)35-23-7-2-1-3-8-23/h1-4,7-15,17-18,20,22,32H,5-6,16,19H2,(H2,31,33). The summed E-state index contributed by atoms with van der Waals surface area (Å²) in [4.78, 5) is 4.38. The molecular weight excluding hydrogens is 448 g/mol. The second-order valence-electron chi connectivity index (χ2n) is 9.06. The van der Waals surface area contributed by atoms with Crippen LogP contribution in [0.4, 0.5) is 5.82 Å². The van der Waals surface area contributed by atoms with Crippen LogP contribution in [-0.2, 0) is 0 Å². The number of benzene rings is 3. The molecule has 1 aliphatic heterocycles. The lowest BCUT2D eigenvalue weighted by molar-refractivity contribution is 0.379. The molecule has 1 aliphatic rings. The van der Waals surface area contributed by atoms with E-state index in [2.05, 4.69) is 39.3 Å². The summed E-state index contributed by atoms with van der Waals surface area (Å²) in [7, 11) is 0. The van der Waals surface area contributed by atoms with Crippen molar-refractivity contribution >= 4 is 16.7 Å². The van der Waals surface area contributed by atoms with E-state index in [1.807, 2.05) is 66.7 Å². The Balaban J connectivity index is 1.26. The summed E-state index contributed by atoms with van der Waals surface area (Å²) < 4.78 is 14.4. The van der Waals surface area contributed by atoms with E-state index >= 15 is 0 Å².